The summed E-state index contributed by atoms with van der Waals surface area (Å²) < 4.78 is 18.6. The van der Waals surface area contributed by atoms with E-state index in [2.05, 4.69) is 4.90 Å². The quantitative estimate of drug-likeness (QED) is 0.658. The summed E-state index contributed by atoms with van der Waals surface area (Å²) in [7, 11) is 0. The van der Waals surface area contributed by atoms with Crippen LogP contribution in [0.25, 0.3) is 0 Å². The van der Waals surface area contributed by atoms with Crippen molar-refractivity contribution < 1.29 is 28.9 Å². The first-order chi connectivity index (χ1) is 13.4. The molecule has 1 aromatic carbocycles. The number of likely N-dealkylation sites (tertiary alicyclic amines) is 1. The van der Waals surface area contributed by atoms with E-state index in [1.165, 1.54) is 63.9 Å². The molecule has 0 radical (unpaired) electrons. The lowest BCUT2D eigenvalue weighted by atomic mass is 9.97. The van der Waals surface area contributed by atoms with Gasteiger partial charge in [0, 0.05) is 12.2 Å². The van der Waals surface area contributed by atoms with Gasteiger partial charge in [-0.1, -0.05) is 12.8 Å². The molecule has 0 unspecified atom stereocenters. The Morgan fingerprint density at radius 2 is 1.57 bits per heavy atom. The molecule has 2 N–H and O–H groups in total. The van der Waals surface area contributed by atoms with E-state index in [1.807, 2.05) is 0 Å². The minimum Gasteiger partial charge on any atom is -0.493 e. The average molecular weight is 393 g/mol. The molecule has 154 valence electrons. The monoisotopic (exact) mass is 393 g/mol. The van der Waals surface area contributed by atoms with E-state index in [1.54, 1.807) is 12.1 Å². The van der Waals surface area contributed by atoms with E-state index in [0.717, 1.165) is 18.3 Å². The number of benzene rings is 1. The Bertz CT molecular complexity index is 633. The predicted molar refractivity (Wildman–Crippen MR) is 103 cm³/mol. The van der Waals surface area contributed by atoms with E-state index in [9.17, 15) is 14.0 Å². The maximum atomic E-state index is 12.8. The number of carbonyl (C=O) groups is 2. The summed E-state index contributed by atoms with van der Waals surface area (Å²) in [5, 5.41) is 15.6. The molecule has 6 nitrogen and oxygen atoms in total. The smallest absolute Gasteiger partial charge is 0.328 e. The molecular weight excluding hydrogens is 365 g/mol. The number of carboxylic acids is 2. The summed E-state index contributed by atoms with van der Waals surface area (Å²) in [5.74, 6) is -0.254. The van der Waals surface area contributed by atoms with Crippen LogP contribution in [0.15, 0.2) is 36.4 Å². The highest BCUT2D eigenvalue weighted by Crippen LogP contribution is 2.32. The zero-order chi connectivity index (χ0) is 20.4. The van der Waals surface area contributed by atoms with Gasteiger partial charge in [0.1, 0.15) is 11.6 Å². The standard InChI is InChI=1S/C17H24FNO.C4H4O4/c18-16-3-5-17(6-4-16)20-13-15-8-11-19(12-9-15)10-7-14-1-2-14;5-3(6)1-2-4(7)8/h3-6,14-15H,1-2,7-13H2;1-2H,(H,5,6)(H,7,8)/b;2-1+. The number of hydrogen-bond acceptors (Lipinski definition) is 4. The number of hydrogen-bond donors (Lipinski definition) is 2. The van der Waals surface area contributed by atoms with Crippen LogP contribution in [0.1, 0.15) is 32.1 Å². The zero-order valence-corrected chi connectivity index (χ0v) is 15.9. The van der Waals surface area contributed by atoms with Gasteiger partial charge in [-0.25, -0.2) is 14.0 Å². The molecule has 7 heteroatoms. The minimum atomic E-state index is -1.26. The molecule has 1 saturated carbocycles. The van der Waals surface area contributed by atoms with Gasteiger partial charge >= 0.3 is 11.9 Å². The summed E-state index contributed by atoms with van der Waals surface area (Å²) in [5.41, 5.74) is 0. The third-order valence-corrected chi connectivity index (χ3v) is 4.93. The van der Waals surface area contributed by atoms with Crippen LogP contribution in [0.5, 0.6) is 5.75 Å². The van der Waals surface area contributed by atoms with Gasteiger partial charge in [0.25, 0.3) is 0 Å². The summed E-state index contributed by atoms with van der Waals surface area (Å²) in [6.45, 7) is 4.48. The zero-order valence-electron chi connectivity index (χ0n) is 15.9. The average Bonchev–Trinajstić information content (AvgIpc) is 3.50. The molecule has 1 saturated heterocycles. The Balaban J connectivity index is 0.000000300. The lowest BCUT2D eigenvalue weighted by molar-refractivity contribution is -0.134. The molecule has 3 rings (SSSR count). The normalized spacial score (nSPS) is 17.8. The van der Waals surface area contributed by atoms with E-state index in [4.69, 9.17) is 14.9 Å². The molecular formula is C21H28FNO5. The molecule has 0 spiro atoms. The second kappa shape index (κ2) is 11.4. The molecule has 1 heterocycles. The fraction of sp³-hybridized carbons (Fsp3) is 0.524. The van der Waals surface area contributed by atoms with Crippen molar-refractivity contribution in [1.29, 1.82) is 0 Å². The summed E-state index contributed by atoms with van der Waals surface area (Å²) in [6, 6.07) is 6.33. The molecule has 0 amide bonds. The number of halogens is 1. The van der Waals surface area contributed by atoms with Crippen LogP contribution >= 0.6 is 0 Å². The molecule has 0 atom stereocenters. The lowest BCUT2D eigenvalue weighted by Crippen LogP contribution is -2.36. The summed E-state index contributed by atoms with van der Waals surface area (Å²) >= 11 is 0. The Kier molecular flexibility index (Phi) is 8.94. The SMILES string of the molecule is Fc1ccc(OCC2CCN(CCC3CC3)CC2)cc1.O=C(O)/C=C/C(=O)O. The molecule has 1 aliphatic carbocycles. The van der Waals surface area contributed by atoms with E-state index < -0.39 is 11.9 Å². The van der Waals surface area contributed by atoms with Crippen molar-refractivity contribution in [2.75, 3.05) is 26.2 Å². The van der Waals surface area contributed by atoms with E-state index >= 15 is 0 Å². The van der Waals surface area contributed by atoms with Crippen molar-refractivity contribution in [3.8, 4) is 5.75 Å². The summed E-state index contributed by atoms with van der Waals surface area (Å²) in [4.78, 5) is 21.7. The van der Waals surface area contributed by atoms with Crippen LogP contribution < -0.4 is 4.74 Å². The fourth-order valence-corrected chi connectivity index (χ4v) is 3.04. The van der Waals surface area contributed by atoms with Gasteiger partial charge in [0.15, 0.2) is 0 Å². The van der Waals surface area contributed by atoms with Gasteiger partial charge < -0.3 is 19.8 Å². The van der Waals surface area contributed by atoms with Crippen LogP contribution in [0.3, 0.4) is 0 Å². The van der Waals surface area contributed by atoms with Gasteiger partial charge in [-0.05, 0) is 75.0 Å². The Labute approximate surface area is 164 Å². The van der Waals surface area contributed by atoms with Crippen LogP contribution in [-0.2, 0) is 9.59 Å². The van der Waals surface area contributed by atoms with Crippen molar-refractivity contribution in [2.24, 2.45) is 11.8 Å². The molecule has 2 fully saturated rings. The van der Waals surface area contributed by atoms with E-state index in [-0.39, 0.29) is 5.82 Å². The highest BCUT2D eigenvalue weighted by Gasteiger charge is 2.24. The third kappa shape index (κ3) is 9.50. The molecule has 28 heavy (non-hydrogen) atoms. The first-order valence-electron chi connectivity index (χ1n) is 9.67. The topological polar surface area (TPSA) is 87.1 Å². The molecule has 1 aliphatic heterocycles. The van der Waals surface area contributed by atoms with Crippen LogP contribution in [0.2, 0.25) is 0 Å². The van der Waals surface area contributed by atoms with E-state index in [0.29, 0.717) is 18.1 Å². The lowest BCUT2D eigenvalue weighted by Gasteiger charge is -2.31. The minimum absolute atomic E-state index is 0.207. The second-order valence-corrected chi connectivity index (χ2v) is 7.29. The highest BCUT2D eigenvalue weighted by atomic mass is 19.1. The molecule has 0 aromatic heterocycles. The Morgan fingerprint density at radius 1 is 1.00 bits per heavy atom. The van der Waals surface area contributed by atoms with Gasteiger partial charge in [0.05, 0.1) is 6.61 Å². The number of ether oxygens (including phenoxy) is 1. The third-order valence-electron chi connectivity index (χ3n) is 4.93. The number of carboxylic acid groups (broad SMARTS) is 2. The highest BCUT2D eigenvalue weighted by molar-refractivity contribution is 5.89. The first-order valence-corrected chi connectivity index (χ1v) is 9.67. The van der Waals surface area contributed by atoms with Crippen molar-refractivity contribution in [2.45, 2.75) is 32.1 Å². The Hall–Kier alpha value is -2.41. The largest absolute Gasteiger partial charge is 0.493 e. The van der Waals surface area contributed by atoms with Gasteiger partial charge in [-0.3, -0.25) is 0 Å². The molecule has 1 aromatic rings. The molecule has 2 aliphatic rings. The molecule has 0 bridgehead atoms. The van der Waals surface area contributed by atoms with Crippen molar-refractivity contribution in [1.82, 2.24) is 4.90 Å². The predicted octanol–water partition coefficient (Wildman–Crippen LogP) is 3.43. The number of rotatable bonds is 8. The maximum absolute atomic E-state index is 12.8. The van der Waals surface area contributed by atoms with Gasteiger partial charge in [-0.15, -0.1) is 0 Å². The van der Waals surface area contributed by atoms with Crippen LogP contribution in [0.4, 0.5) is 4.39 Å². The van der Waals surface area contributed by atoms with Crippen molar-refractivity contribution in [3.63, 3.8) is 0 Å². The fourth-order valence-electron chi connectivity index (χ4n) is 3.04. The second-order valence-electron chi connectivity index (χ2n) is 7.29. The van der Waals surface area contributed by atoms with Crippen LogP contribution in [0, 0.1) is 17.7 Å². The summed E-state index contributed by atoms with van der Waals surface area (Å²) in [6.07, 6.45) is 7.89. The number of piperidine rings is 1. The maximum Gasteiger partial charge on any atom is 0.328 e. The van der Waals surface area contributed by atoms with Crippen molar-refractivity contribution >= 4 is 11.9 Å². The van der Waals surface area contributed by atoms with Crippen LogP contribution in [-0.4, -0.2) is 53.3 Å². The van der Waals surface area contributed by atoms with Gasteiger partial charge in [0.2, 0.25) is 0 Å². The van der Waals surface area contributed by atoms with Gasteiger partial charge in [-0.2, -0.15) is 0 Å². The number of aliphatic carboxylic acids is 2. The number of nitrogens with zero attached hydrogens (tertiary/aromatic N) is 1. The first kappa shape index (κ1) is 21.9. The Morgan fingerprint density at radius 3 is 2.07 bits per heavy atom. The van der Waals surface area contributed by atoms with Crippen molar-refractivity contribution in [3.05, 3.63) is 42.2 Å².